The second kappa shape index (κ2) is 9.26. The van der Waals surface area contributed by atoms with Crippen molar-refractivity contribution in [3.05, 3.63) is 57.2 Å². The van der Waals surface area contributed by atoms with E-state index in [4.69, 9.17) is 9.47 Å². The van der Waals surface area contributed by atoms with E-state index < -0.39 is 5.97 Å². The molecule has 0 aliphatic heterocycles. The van der Waals surface area contributed by atoms with E-state index in [-0.39, 0.29) is 6.54 Å². The van der Waals surface area contributed by atoms with Gasteiger partial charge in [-0.2, -0.15) is 0 Å². The number of halogens is 1. The van der Waals surface area contributed by atoms with Crippen LogP contribution in [0.3, 0.4) is 0 Å². The monoisotopic (exact) mass is 456 g/mol. The minimum atomic E-state index is -0.631. The highest BCUT2D eigenvalue weighted by atomic mass is 127. The van der Waals surface area contributed by atoms with E-state index in [1.54, 1.807) is 7.11 Å². The Kier molecular flexibility index (Phi) is 7.05. The lowest BCUT2D eigenvalue weighted by molar-refractivity contribution is -0.783. The molecule has 6 nitrogen and oxygen atoms in total. The van der Waals surface area contributed by atoms with Crippen molar-refractivity contribution in [1.29, 1.82) is 0 Å². The van der Waals surface area contributed by atoms with Gasteiger partial charge in [-0.3, -0.25) is 5.21 Å². The predicted octanol–water partition coefficient (Wildman–Crippen LogP) is 3.02. The maximum atomic E-state index is 11.2. The van der Waals surface area contributed by atoms with Crippen LogP contribution in [0.15, 0.2) is 42.5 Å². The summed E-state index contributed by atoms with van der Waals surface area (Å²) in [5, 5.41) is 9.87. The van der Waals surface area contributed by atoms with E-state index in [1.807, 2.05) is 42.5 Å². The molecular formula is C18H19INO5+. The number of benzene rings is 2. The first-order valence-electron chi connectivity index (χ1n) is 7.45. The maximum absolute atomic E-state index is 11.2. The topological polar surface area (TPSA) is 68.0 Å². The molecule has 0 aliphatic rings. The minimum absolute atomic E-state index is 0.101. The van der Waals surface area contributed by atoms with Gasteiger partial charge in [0, 0.05) is 0 Å². The Morgan fingerprint density at radius 3 is 2.56 bits per heavy atom. The highest BCUT2D eigenvalue weighted by molar-refractivity contribution is 14.1. The Morgan fingerprint density at radius 1 is 1.20 bits per heavy atom. The number of carbonyl (C=O) groups is 1. The average molecular weight is 456 g/mol. The first-order valence-corrected chi connectivity index (χ1v) is 8.52. The number of hydrogen-bond donors (Lipinski definition) is 1. The second-order valence-electron chi connectivity index (χ2n) is 5.11. The fourth-order valence-electron chi connectivity index (χ4n) is 2.11. The fraction of sp³-hybridized carbons (Fsp3) is 0.222. The SMILES string of the molecule is COC(=O)/C=[N+](\O)Cc1cccc(I)c1OCc1ccc(OC)cc1. The third kappa shape index (κ3) is 5.63. The summed E-state index contributed by atoms with van der Waals surface area (Å²) >= 11 is 2.17. The molecule has 0 heterocycles. The van der Waals surface area contributed by atoms with E-state index in [2.05, 4.69) is 27.3 Å². The Hall–Kier alpha value is -2.29. The molecule has 0 aliphatic carbocycles. The van der Waals surface area contributed by atoms with Gasteiger partial charge < -0.3 is 14.2 Å². The average Bonchev–Trinajstić information content (AvgIpc) is 2.61. The molecule has 0 amide bonds. The molecule has 0 spiro atoms. The summed E-state index contributed by atoms with van der Waals surface area (Å²) in [5.74, 6) is 0.818. The quantitative estimate of drug-likeness (QED) is 0.173. The van der Waals surface area contributed by atoms with Crippen LogP contribution < -0.4 is 9.47 Å². The maximum Gasteiger partial charge on any atom is 0.399 e. The minimum Gasteiger partial charge on any atom is -0.497 e. The van der Waals surface area contributed by atoms with E-state index in [1.165, 1.54) is 7.11 Å². The van der Waals surface area contributed by atoms with Crippen LogP contribution in [-0.2, 0) is 22.7 Å². The van der Waals surface area contributed by atoms with Crippen molar-refractivity contribution in [3.8, 4) is 11.5 Å². The molecule has 132 valence electrons. The van der Waals surface area contributed by atoms with Crippen LogP contribution in [0.25, 0.3) is 0 Å². The molecule has 0 radical (unpaired) electrons. The zero-order valence-corrected chi connectivity index (χ0v) is 16.1. The van der Waals surface area contributed by atoms with Gasteiger partial charge in [0.15, 0.2) is 0 Å². The highest BCUT2D eigenvalue weighted by Gasteiger charge is 2.15. The van der Waals surface area contributed by atoms with Crippen LogP contribution >= 0.6 is 22.6 Å². The standard InChI is InChI=1S/C18H19INO5/c1-23-15-8-6-13(7-9-15)12-25-18-14(4-3-5-16(18)19)10-20(22)11-17(21)24-2/h3-9,11,22H,10,12H2,1-2H3/q+1/b20-11-. The van der Waals surface area contributed by atoms with Gasteiger partial charge in [0.1, 0.15) is 18.1 Å². The summed E-state index contributed by atoms with van der Waals surface area (Å²) < 4.78 is 17.3. The lowest BCUT2D eigenvalue weighted by Crippen LogP contribution is -2.16. The number of para-hydroxylation sites is 1. The summed E-state index contributed by atoms with van der Waals surface area (Å²) in [6.45, 7) is 0.479. The Morgan fingerprint density at radius 2 is 1.92 bits per heavy atom. The van der Waals surface area contributed by atoms with Crippen molar-refractivity contribution in [3.63, 3.8) is 0 Å². The van der Waals surface area contributed by atoms with Gasteiger partial charge in [0.05, 0.1) is 23.4 Å². The fourth-order valence-corrected chi connectivity index (χ4v) is 2.82. The molecule has 0 unspecified atom stereocenters. The molecule has 0 saturated heterocycles. The zero-order chi connectivity index (χ0) is 18.2. The molecule has 2 aromatic rings. The number of rotatable bonds is 7. The van der Waals surface area contributed by atoms with Crippen LogP contribution in [0, 0.1) is 3.57 Å². The van der Waals surface area contributed by atoms with Crippen molar-refractivity contribution in [2.75, 3.05) is 14.2 Å². The molecule has 0 bridgehead atoms. The van der Waals surface area contributed by atoms with Gasteiger partial charge in [0.2, 0.25) is 6.54 Å². The van der Waals surface area contributed by atoms with E-state index >= 15 is 0 Å². The van der Waals surface area contributed by atoms with Crippen LogP contribution in [0.1, 0.15) is 11.1 Å². The van der Waals surface area contributed by atoms with Crippen molar-refractivity contribution in [2.45, 2.75) is 13.2 Å². The molecule has 7 heteroatoms. The lowest BCUT2D eigenvalue weighted by atomic mass is 10.2. The molecule has 0 aromatic heterocycles. The van der Waals surface area contributed by atoms with Gasteiger partial charge in [-0.05, 0) is 57.2 Å². The van der Waals surface area contributed by atoms with Gasteiger partial charge in [-0.25, -0.2) is 4.79 Å². The van der Waals surface area contributed by atoms with Crippen molar-refractivity contribution < 1.29 is 29.0 Å². The van der Waals surface area contributed by atoms with E-state index in [0.29, 0.717) is 12.4 Å². The first kappa shape index (κ1) is 19.0. The zero-order valence-electron chi connectivity index (χ0n) is 13.9. The molecule has 0 fully saturated rings. The third-order valence-corrected chi connectivity index (χ3v) is 4.23. The van der Waals surface area contributed by atoms with Crippen molar-refractivity contribution in [1.82, 2.24) is 0 Å². The molecule has 25 heavy (non-hydrogen) atoms. The number of esters is 1. The number of hydroxylamine groups is 1. The number of carbonyl (C=O) groups excluding carboxylic acids is 1. The smallest absolute Gasteiger partial charge is 0.399 e. The van der Waals surface area contributed by atoms with Gasteiger partial charge in [-0.1, -0.05) is 18.2 Å². The second-order valence-corrected chi connectivity index (χ2v) is 6.28. The third-order valence-electron chi connectivity index (χ3n) is 3.38. The molecular weight excluding hydrogens is 437 g/mol. The molecule has 2 aromatic carbocycles. The summed E-state index contributed by atoms with van der Waals surface area (Å²) in [5.41, 5.74) is 1.75. The van der Waals surface area contributed by atoms with Crippen molar-refractivity contribution >= 4 is 34.8 Å². The summed E-state index contributed by atoms with van der Waals surface area (Å²) in [6, 6.07) is 13.2. The molecule has 0 saturated carbocycles. The van der Waals surface area contributed by atoms with E-state index in [0.717, 1.165) is 31.4 Å². The highest BCUT2D eigenvalue weighted by Crippen LogP contribution is 2.27. The van der Waals surface area contributed by atoms with Crippen LogP contribution in [0.4, 0.5) is 0 Å². The number of hydrogen-bond acceptors (Lipinski definition) is 5. The first-order chi connectivity index (χ1) is 12.0. The largest absolute Gasteiger partial charge is 0.497 e. The van der Waals surface area contributed by atoms with Gasteiger partial charge in [0.25, 0.3) is 6.21 Å². The number of methoxy groups -OCH3 is 2. The van der Waals surface area contributed by atoms with Crippen LogP contribution in [0.2, 0.25) is 0 Å². The summed E-state index contributed by atoms with van der Waals surface area (Å²) in [4.78, 5) is 11.2. The molecule has 2 rings (SSSR count). The van der Waals surface area contributed by atoms with E-state index in [9.17, 15) is 10.0 Å². The van der Waals surface area contributed by atoms with Crippen molar-refractivity contribution in [2.24, 2.45) is 0 Å². The van der Waals surface area contributed by atoms with Crippen LogP contribution in [-0.4, -0.2) is 36.3 Å². The number of nitrogens with zero attached hydrogens (tertiary/aromatic N) is 1. The molecule has 1 N–H and O–H groups in total. The van der Waals surface area contributed by atoms with Gasteiger partial charge >= 0.3 is 5.97 Å². The number of ether oxygens (including phenoxy) is 3. The Balaban J connectivity index is 2.14. The summed E-state index contributed by atoms with van der Waals surface area (Å²) in [6.07, 6.45) is 0.979. The lowest BCUT2D eigenvalue weighted by Gasteiger charge is -2.12. The van der Waals surface area contributed by atoms with Crippen LogP contribution in [0.5, 0.6) is 11.5 Å². The Bertz CT molecular complexity index is 759. The summed E-state index contributed by atoms with van der Waals surface area (Å²) in [7, 11) is 2.87. The molecule has 0 atom stereocenters. The Labute approximate surface area is 159 Å². The van der Waals surface area contributed by atoms with Gasteiger partial charge in [-0.15, -0.1) is 0 Å². The predicted molar refractivity (Wildman–Crippen MR) is 100 cm³/mol. The normalized spacial score (nSPS) is 11.1.